The predicted octanol–water partition coefficient (Wildman–Crippen LogP) is -0.409. The Bertz CT molecular complexity index is 930. The monoisotopic (exact) mass is 290 g/mol. The fourth-order valence-electron chi connectivity index (χ4n) is 1.67. The van der Waals surface area contributed by atoms with Gasteiger partial charge in [0, 0.05) is 4.70 Å². The Morgan fingerprint density at radius 3 is 2.75 bits per heavy atom. The minimum Gasteiger partial charge on any atom is -0.257 e. The van der Waals surface area contributed by atoms with Crippen LogP contribution >= 0.6 is 11.3 Å². The molecule has 0 unspecified atom stereocenters. The Morgan fingerprint density at radius 1 is 1.15 bits per heavy atom. The van der Waals surface area contributed by atoms with Crippen molar-refractivity contribution in [1.29, 1.82) is 0 Å². The van der Waals surface area contributed by atoms with Crippen LogP contribution in [0, 0.1) is 0 Å². The lowest BCUT2D eigenvalue weighted by Gasteiger charge is -1.97. The number of nitrogens with one attached hydrogen (secondary N) is 4. The average Bonchev–Trinajstić information content (AvgIpc) is 2.37. The van der Waals surface area contributed by atoms with Gasteiger partial charge in [0.15, 0.2) is 0 Å². The number of benzene rings is 1. The van der Waals surface area contributed by atoms with Crippen molar-refractivity contribution in [3.8, 4) is 0 Å². The summed E-state index contributed by atoms with van der Waals surface area (Å²) in [5.74, 6) is -0.0408. The Labute approximate surface area is 114 Å². The van der Waals surface area contributed by atoms with Gasteiger partial charge in [-0.2, -0.15) is 10.3 Å². The number of fused-ring (bicyclic) bond motifs is 1. The van der Waals surface area contributed by atoms with Crippen LogP contribution in [0.15, 0.2) is 38.6 Å². The van der Waals surface area contributed by atoms with Crippen LogP contribution in [-0.4, -0.2) is 15.0 Å². The number of hydrogen-bond acceptors (Lipinski definition) is 6. The minimum absolute atomic E-state index is 0.0408. The van der Waals surface area contributed by atoms with Crippen molar-refractivity contribution in [1.82, 2.24) is 15.0 Å². The first kappa shape index (κ1) is 12.2. The highest BCUT2D eigenvalue weighted by atomic mass is 32.1. The molecule has 0 aliphatic rings. The fourth-order valence-corrected chi connectivity index (χ4v) is 2.59. The summed E-state index contributed by atoms with van der Waals surface area (Å²) in [6, 6.07) is 7.10. The second-order valence-electron chi connectivity index (χ2n) is 3.85. The van der Waals surface area contributed by atoms with Gasteiger partial charge in [-0.1, -0.05) is 12.1 Å². The van der Waals surface area contributed by atoms with Gasteiger partial charge in [-0.15, -0.1) is 4.98 Å². The number of rotatable bonds is 2. The molecule has 2 aromatic heterocycles. The highest BCUT2D eigenvalue weighted by molar-refractivity contribution is 7.21. The Kier molecular flexibility index (Phi) is 2.88. The second-order valence-corrected chi connectivity index (χ2v) is 4.90. The van der Waals surface area contributed by atoms with E-state index in [1.54, 1.807) is 18.2 Å². The van der Waals surface area contributed by atoms with Gasteiger partial charge < -0.3 is 0 Å². The summed E-state index contributed by atoms with van der Waals surface area (Å²) in [5, 5.41) is 3.62. The molecule has 0 spiro atoms. The summed E-state index contributed by atoms with van der Waals surface area (Å²) in [6.45, 7) is 0. The Hall–Kier alpha value is -2.81. The summed E-state index contributed by atoms with van der Waals surface area (Å²) in [5.41, 5.74) is -1.72. The van der Waals surface area contributed by atoms with Crippen molar-refractivity contribution >= 4 is 32.5 Å². The summed E-state index contributed by atoms with van der Waals surface area (Å²) in [6.07, 6.45) is 0. The number of aromatic amines is 3. The molecule has 100 valence electrons. The van der Waals surface area contributed by atoms with Crippen molar-refractivity contribution < 1.29 is 4.98 Å². The third-order valence-corrected chi connectivity index (χ3v) is 3.45. The highest BCUT2D eigenvalue weighted by Crippen LogP contribution is 2.19. The number of H-pyrrole nitrogens is 3. The molecule has 2 heterocycles. The molecule has 3 rings (SSSR count). The van der Waals surface area contributed by atoms with E-state index in [1.165, 1.54) is 11.3 Å². The van der Waals surface area contributed by atoms with Crippen LogP contribution < -0.4 is 27.2 Å². The molecule has 9 heteroatoms. The maximum atomic E-state index is 11.9. The molecule has 1 aromatic carbocycles. The van der Waals surface area contributed by atoms with E-state index in [-0.39, 0.29) is 11.5 Å². The third-order valence-electron chi connectivity index (χ3n) is 2.47. The summed E-state index contributed by atoms with van der Waals surface area (Å²) >= 11 is 1.27. The smallest absolute Gasteiger partial charge is 0.257 e. The first-order valence-electron chi connectivity index (χ1n) is 5.55. The highest BCUT2D eigenvalue weighted by Gasteiger charge is 2.12. The number of hydrogen-bond donors (Lipinski definition) is 3. The molecule has 20 heavy (non-hydrogen) atoms. The van der Waals surface area contributed by atoms with Gasteiger partial charge in [0.05, 0.1) is 5.39 Å². The van der Waals surface area contributed by atoms with E-state index in [1.807, 2.05) is 11.1 Å². The van der Waals surface area contributed by atoms with E-state index in [4.69, 9.17) is 0 Å². The topological polar surface area (TPSA) is 122 Å². The van der Waals surface area contributed by atoms with Crippen molar-refractivity contribution in [2.45, 2.75) is 0 Å². The van der Waals surface area contributed by atoms with E-state index in [0.29, 0.717) is 10.5 Å². The summed E-state index contributed by atoms with van der Waals surface area (Å²) in [4.78, 5) is 44.5. The maximum absolute atomic E-state index is 11.9. The molecule has 0 saturated carbocycles. The van der Waals surface area contributed by atoms with Gasteiger partial charge in [-0.3, -0.25) is 9.97 Å². The summed E-state index contributed by atoms with van der Waals surface area (Å²) in [7, 11) is 0. The number of nitrogens with zero attached hydrogens (tertiary/aromatic N) is 1. The number of anilines is 2. The normalized spacial score (nSPS) is 10.6. The van der Waals surface area contributed by atoms with Crippen molar-refractivity contribution in [2.75, 3.05) is 5.32 Å². The molecule has 0 atom stereocenters. The fraction of sp³-hybridized carbons (Fsp3) is 0. The average molecular weight is 290 g/mol. The Balaban J connectivity index is 2.09. The molecule has 0 bridgehead atoms. The predicted molar refractivity (Wildman–Crippen MR) is 73.4 cm³/mol. The molecule has 3 aromatic rings. The molecule has 0 amide bonds. The van der Waals surface area contributed by atoms with Gasteiger partial charge >= 0.3 is 28.0 Å². The maximum Gasteiger partial charge on any atom is 0.354 e. The molecule has 0 aliphatic carbocycles. The van der Waals surface area contributed by atoms with E-state index in [0.717, 1.165) is 4.70 Å². The quantitative estimate of drug-likeness (QED) is 0.592. The van der Waals surface area contributed by atoms with Gasteiger partial charge in [-0.25, -0.2) is 14.4 Å². The number of aromatic nitrogens is 4. The zero-order valence-corrected chi connectivity index (χ0v) is 10.7. The first-order valence-corrected chi connectivity index (χ1v) is 6.36. The molecular formula is C11H8N5O3S+. The second kappa shape index (κ2) is 4.70. The largest absolute Gasteiger partial charge is 0.354 e. The van der Waals surface area contributed by atoms with Gasteiger partial charge in [0.1, 0.15) is 0 Å². The van der Waals surface area contributed by atoms with Crippen LogP contribution in [0.4, 0.5) is 11.1 Å². The molecule has 0 fully saturated rings. The lowest BCUT2D eigenvalue weighted by molar-refractivity contribution is -0.373. The van der Waals surface area contributed by atoms with Crippen LogP contribution in [0.1, 0.15) is 0 Å². The molecule has 8 nitrogen and oxygen atoms in total. The van der Waals surface area contributed by atoms with E-state index >= 15 is 0 Å². The molecule has 4 N–H and O–H groups in total. The zero-order chi connectivity index (χ0) is 14.1. The van der Waals surface area contributed by atoms with Gasteiger partial charge in [0.2, 0.25) is 0 Å². The van der Waals surface area contributed by atoms with Crippen molar-refractivity contribution in [3.05, 3.63) is 55.6 Å². The van der Waals surface area contributed by atoms with Crippen LogP contribution in [0.2, 0.25) is 0 Å². The lowest BCUT2D eigenvalue weighted by Crippen LogP contribution is -2.30. The van der Waals surface area contributed by atoms with Crippen LogP contribution in [0.25, 0.3) is 10.1 Å². The first-order chi connectivity index (χ1) is 9.61. The molecule has 0 saturated heterocycles. The molecule has 0 aliphatic heterocycles. The van der Waals surface area contributed by atoms with E-state index < -0.39 is 11.4 Å². The van der Waals surface area contributed by atoms with Crippen molar-refractivity contribution in [3.63, 3.8) is 0 Å². The lowest BCUT2D eigenvalue weighted by atomic mass is 10.3. The van der Waals surface area contributed by atoms with Crippen molar-refractivity contribution in [2.24, 2.45) is 0 Å². The van der Waals surface area contributed by atoms with Crippen LogP contribution in [0.5, 0.6) is 0 Å². The molecule has 0 radical (unpaired) electrons. The SMILES string of the molecule is O=c1nc(Nc2[nH+]c(=O)c3ccccc3s2)[nH]c(=O)[nH]1. The molecular weight excluding hydrogens is 282 g/mol. The third kappa shape index (κ3) is 2.34. The standard InChI is InChI=1S/C11H7N5O3S/c17-7-5-3-1-2-4-6(5)20-11(12-7)15-8-13-9(18)16-10(19)14-8/h1-4H,(H3,12,13,14,15,16,17,18,19)/p+1. The summed E-state index contributed by atoms with van der Waals surface area (Å²) < 4.78 is 0.769. The minimum atomic E-state index is -0.774. The zero-order valence-electron chi connectivity index (χ0n) is 9.89. The van der Waals surface area contributed by atoms with Gasteiger partial charge in [-0.05, 0) is 23.5 Å². The van der Waals surface area contributed by atoms with Crippen LogP contribution in [0.3, 0.4) is 0 Å². The van der Waals surface area contributed by atoms with E-state index in [9.17, 15) is 14.4 Å². The Morgan fingerprint density at radius 2 is 1.95 bits per heavy atom. The van der Waals surface area contributed by atoms with Gasteiger partial charge in [0.25, 0.3) is 0 Å². The van der Waals surface area contributed by atoms with E-state index in [2.05, 4.69) is 20.3 Å². The van der Waals surface area contributed by atoms with Crippen LogP contribution in [-0.2, 0) is 0 Å².